The van der Waals surface area contributed by atoms with E-state index in [1.165, 1.54) is 0 Å². The van der Waals surface area contributed by atoms with Crippen LogP contribution in [0.2, 0.25) is 0 Å². The van der Waals surface area contributed by atoms with Crippen LogP contribution in [0.1, 0.15) is 32.8 Å². The van der Waals surface area contributed by atoms with Crippen molar-refractivity contribution in [3.05, 3.63) is 29.6 Å². The second-order valence-electron chi connectivity index (χ2n) is 6.07. The zero-order valence-corrected chi connectivity index (χ0v) is 14.1. The van der Waals surface area contributed by atoms with Crippen LogP contribution in [0.3, 0.4) is 0 Å². The zero-order valence-electron chi connectivity index (χ0n) is 14.1. The quantitative estimate of drug-likeness (QED) is 0.755. The highest BCUT2D eigenvalue weighted by molar-refractivity contribution is 5.55. The molecule has 0 aliphatic carbocycles. The van der Waals surface area contributed by atoms with Crippen LogP contribution in [0, 0.1) is 5.82 Å². The molecular weight excluding hydrogens is 265 g/mol. The Morgan fingerprint density at radius 2 is 1.86 bits per heavy atom. The van der Waals surface area contributed by atoms with Gasteiger partial charge < -0.3 is 15.1 Å². The highest BCUT2D eigenvalue weighted by Gasteiger charge is 2.15. The first-order chi connectivity index (χ1) is 9.95. The summed E-state index contributed by atoms with van der Waals surface area (Å²) in [6.07, 6.45) is 1.01. The lowest BCUT2D eigenvalue weighted by molar-refractivity contribution is 0.411. The number of hydrogen-bond donors (Lipinski definition) is 1. The average molecular weight is 295 g/mol. The van der Waals surface area contributed by atoms with Gasteiger partial charge in [0.05, 0.1) is 5.69 Å². The molecule has 0 unspecified atom stereocenters. The molecule has 0 saturated heterocycles. The standard InChI is InChI=1S/C17H30FN3/c1-6-10-21(12-11-20(4)5)17-15(13-19-14(2)3)8-7-9-16(17)18/h7-9,14,19H,6,10-13H2,1-5H3. The molecule has 1 aromatic carbocycles. The number of para-hydroxylation sites is 1. The van der Waals surface area contributed by atoms with Crippen molar-refractivity contribution in [1.82, 2.24) is 10.2 Å². The summed E-state index contributed by atoms with van der Waals surface area (Å²) in [6, 6.07) is 5.77. The number of nitrogens with one attached hydrogen (secondary N) is 1. The molecule has 0 radical (unpaired) electrons. The van der Waals surface area contributed by atoms with E-state index in [1.807, 2.05) is 20.2 Å². The van der Waals surface area contributed by atoms with Crippen LogP contribution < -0.4 is 10.2 Å². The third kappa shape index (κ3) is 6.02. The van der Waals surface area contributed by atoms with Gasteiger partial charge in [-0.3, -0.25) is 0 Å². The van der Waals surface area contributed by atoms with Crippen LogP contribution in [-0.2, 0) is 6.54 Å². The van der Waals surface area contributed by atoms with Crippen molar-refractivity contribution in [2.45, 2.75) is 39.8 Å². The minimum Gasteiger partial charge on any atom is -0.368 e. The van der Waals surface area contributed by atoms with E-state index in [9.17, 15) is 4.39 Å². The number of hydrogen-bond acceptors (Lipinski definition) is 3. The minimum atomic E-state index is -0.120. The molecule has 1 rings (SSSR count). The molecule has 120 valence electrons. The second-order valence-corrected chi connectivity index (χ2v) is 6.07. The normalized spacial score (nSPS) is 11.4. The van der Waals surface area contributed by atoms with Crippen LogP contribution in [-0.4, -0.2) is 44.7 Å². The lowest BCUT2D eigenvalue weighted by atomic mass is 10.1. The zero-order chi connectivity index (χ0) is 15.8. The topological polar surface area (TPSA) is 18.5 Å². The predicted octanol–water partition coefficient (Wildman–Crippen LogP) is 3.10. The molecule has 0 aromatic heterocycles. The van der Waals surface area contributed by atoms with Crippen LogP contribution in [0.15, 0.2) is 18.2 Å². The fourth-order valence-corrected chi connectivity index (χ4v) is 2.30. The van der Waals surface area contributed by atoms with Crippen molar-refractivity contribution in [3.63, 3.8) is 0 Å². The van der Waals surface area contributed by atoms with Crippen molar-refractivity contribution in [2.24, 2.45) is 0 Å². The van der Waals surface area contributed by atoms with Gasteiger partial charge in [0.25, 0.3) is 0 Å². The third-order valence-corrected chi connectivity index (χ3v) is 3.40. The number of benzene rings is 1. The molecule has 0 aliphatic rings. The van der Waals surface area contributed by atoms with Gasteiger partial charge in [-0.1, -0.05) is 32.9 Å². The van der Waals surface area contributed by atoms with Gasteiger partial charge in [0, 0.05) is 32.2 Å². The third-order valence-electron chi connectivity index (χ3n) is 3.40. The number of halogens is 1. The maximum absolute atomic E-state index is 14.4. The summed E-state index contributed by atoms with van der Waals surface area (Å²) in [5.74, 6) is -0.120. The highest BCUT2D eigenvalue weighted by atomic mass is 19.1. The van der Waals surface area contributed by atoms with Crippen LogP contribution in [0.25, 0.3) is 0 Å². The lowest BCUT2D eigenvalue weighted by Gasteiger charge is -2.29. The number of anilines is 1. The number of rotatable bonds is 9. The maximum Gasteiger partial charge on any atom is 0.146 e. The van der Waals surface area contributed by atoms with Gasteiger partial charge >= 0.3 is 0 Å². The molecule has 0 aliphatic heterocycles. The van der Waals surface area contributed by atoms with Crippen LogP contribution in [0.4, 0.5) is 10.1 Å². The molecule has 3 nitrogen and oxygen atoms in total. The lowest BCUT2D eigenvalue weighted by Crippen LogP contribution is -2.34. The Morgan fingerprint density at radius 3 is 2.43 bits per heavy atom. The van der Waals surface area contributed by atoms with E-state index in [1.54, 1.807) is 12.1 Å². The summed E-state index contributed by atoms with van der Waals surface area (Å²) in [4.78, 5) is 4.31. The van der Waals surface area contributed by atoms with Gasteiger partial charge in [0.2, 0.25) is 0 Å². The van der Waals surface area contributed by atoms with E-state index in [2.05, 4.69) is 35.9 Å². The Balaban J connectivity index is 2.98. The summed E-state index contributed by atoms with van der Waals surface area (Å²) in [7, 11) is 4.10. The highest BCUT2D eigenvalue weighted by Crippen LogP contribution is 2.25. The number of nitrogens with zero attached hydrogens (tertiary/aromatic N) is 2. The van der Waals surface area contributed by atoms with Crippen molar-refractivity contribution < 1.29 is 4.39 Å². The van der Waals surface area contributed by atoms with E-state index in [-0.39, 0.29) is 5.82 Å². The molecule has 0 saturated carbocycles. The Labute approximate surface area is 129 Å². The predicted molar refractivity (Wildman–Crippen MR) is 89.4 cm³/mol. The van der Waals surface area contributed by atoms with Crippen LogP contribution >= 0.6 is 0 Å². The molecule has 1 N–H and O–H groups in total. The molecule has 1 aromatic rings. The van der Waals surface area contributed by atoms with E-state index in [4.69, 9.17) is 0 Å². The molecule has 0 spiro atoms. The largest absolute Gasteiger partial charge is 0.368 e. The molecule has 0 atom stereocenters. The molecule has 0 fully saturated rings. The second kappa shape index (κ2) is 9.00. The molecule has 0 heterocycles. The summed E-state index contributed by atoms with van der Waals surface area (Å²) in [5, 5.41) is 3.39. The Morgan fingerprint density at radius 1 is 1.14 bits per heavy atom. The van der Waals surface area contributed by atoms with E-state index >= 15 is 0 Å². The van der Waals surface area contributed by atoms with Crippen molar-refractivity contribution in [2.75, 3.05) is 38.6 Å². The van der Waals surface area contributed by atoms with E-state index in [0.29, 0.717) is 12.6 Å². The first-order valence-corrected chi connectivity index (χ1v) is 7.86. The van der Waals surface area contributed by atoms with Gasteiger partial charge in [-0.15, -0.1) is 0 Å². The molecule has 4 heteroatoms. The smallest absolute Gasteiger partial charge is 0.146 e. The molecule has 0 bridgehead atoms. The Bertz CT molecular complexity index is 418. The molecular formula is C17H30FN3. The number of likely N-dealkylation sites (N-methyl/N-ethyl adjacent to an activating group) is 1. The van der Waals surface area contributed by atoms with Crippen molar-refractivity contribution in [3.8, 4) is 0 Å². The van der Waals surface area contributed by atoms with E-state index < -0.39 is 0 Å². The molecule has 0 amide bonds. The Hall–Kier alpha value is -1.13. The summed E-state index contributed by atoms with van der Waals surface area (Å²) >= 11 is 0. The van der Waals surface area contributed by atoms with Crippen molar-refractivity contribution in [1.29, 1.82) is 0 Å². The Kier molecular flexibility index (Phi) is 7.68. The summed E-state index contributed by atoms with van der Waals surface area (Å²) in [5.41, 5.74) is 1.80. The van der Waals surface area contributed by atoms with Gasteiger partial charge in [-0.25, -0.2) is 4.39 Å². The first-order valence-electron chi connectivity index (χ1n) is 7.86. The first kappa shape index (κ1) is 17.9. The summed E-state index contributed by atoms with van der Waals surface area (Å²) in [6.45, 7) is 9.69. The average Bonchev–Trinajstić information content (AvgIpc) is 2.41. The van der Waals surface area contributed by atoms with Crippen molar-refractivity contribution >= 4 is 5.69 Å². The van der Waals surface area contributed by atoms with E-state index in [0.717, 1.165) is 37.3 Å². The van der Waals surface area contributed by atoms with Crippen LogP contribution in [0.5, 0.6) is 0 Å². The fraction of sp³-hybridized carbons (Fsp3) is 0.647. The SMILES string of the molecule is CCCN(CCN(C)C)c1c(F)cccc1CNC(C)C. The van der Waals surface area contributed by atoms with Gasteiger partial charge in [0.1, 0.15) is 5.82 Å². The monoisotopic (exact) mass is 295 g/mol. The summed E-state index contributed by atoms with van der Waals surface area (Å²) < 4.78 is 14.4. The molecule has 21 heavy (non-hydrogen) atoms. The van der Waals surface area contributed by atoms with Gasteiger partial charge in [-0.2, -0.15) is 0 Å². The van der Waals surface area contributed by atoms with Gasteiger partial charge in [-0.05, 0) is 32.1 Å². The van der Waals surface area contributed by atoms with Gasteiger partial charge in [0.15, 0.2) is 0 Å². The maximum atomic E-state index is 14.4. The minimum absolute atomic E-state index is 0.120. The fourth-order valence-electron chi connectivity index (χ4n) is 2.30.